The van der Waals surface area contributed by atoms with Gasteiger partial charge in [-0.25, -0.2) is 13.8 Å². The van der Waals surface area contributed by atoms with Crippen molar-refractivity contribution < 1.29 is 45.4 Å². The maximum atomic E-state index is 15.2. The summed E-state index contributed by atoms with van der Waals surface area (Å²) in [6.07, 6.45) is -5.99. The Bertz CT molecular complexity index is 2110. The Morgan fingerprint density at radius 2 is 1.76 bits per heavy atom. The van der Waals surface area contributed by atoms with Crippen molar-refractivity contribution in [3.05, 3.63) is 105 Å². The van der Waals surface area contributed by atoms with E-state index in [9.17, 15) is 36.6 Å². The molecule has 0 bridgehead atoms. The topological polar surface area (TPSA) is 109 Å². The summed E-state index contributed by atoms with van der Waals surface area (Å²) in [5.41, 5.74) is -2.59. The fourth-order valence-corrected chi connectivity index (χ4v) is 6.39. The molecule has 2 amide bonds. The lowest BCUT2D eigenvalue weighted by molar-refractivity contribution is -0.142. The smallest absolute Gasteiger partial charge is 0.378 e. The molecule has 1 aliphatic carbocycles. The first-order valence-electron chi connectivity index (χ1n) is 15.8. The first-order valence-corrected chi connectivity index (χ1v) is 15.8. The fourth-order valence-electron chi connectivity index (χ4n) is 6.39. The van der Waals surface area contributed by atoms with Crippen LogP contribution in [0.15, 0.2) is 48.5 Å². The maximum Gasteiger partial charge on any atom is 0.435 e. The van der Waals surface area contributed by atoms with Gasteiger partial charge in [-0.15, -0.1) is 0 Å². The summed E-state index contributed by atoms with van der Waals surface area (Å²) >= 11 is 0. The van der Waals surface area contributed by atoms with Crippen LogP contribution in [0.5, 0.6) is 0 Å². The zero-order chi connectivity index (χ0) is 37.0. The minimum Gasteiger partial charge on any atom is -0.378 e. The molecule has 4 aromatic rings. The van der Waals surface area contributed by atoms with Crippen LogP contribution in [0.3, 0.4) is 0 Å². The van der Waals surface area contributed by atoms with Gasteiger partial charge in [-0.05, 0) is 79.6 Å². The largest absolute Gasteiger partial charge is 0.435 e. The molecule has 2 aromatic carbocycles. The summed E-state index contributed by atoms with van der Waals surface area (Å²) in [6, 6.07) is 9.43. The lowest BCUT2D eigenvalue weighted by Gasteiger charge is -2.23. The summed E-state index contributed by atoms with van der Waals surface area (Å²) in [5.74, 6) is -3.07. The second kappa shape index (κ2) is 12.8. The number of hydrogen-bond donors (Lipinski definition) is 3. The standard InChI is InChI=1S/C36H30F7N5O3/c1-18-11-26-31(36(41,42)43)47-48(32(26)35(18,39)40)17-29(49)46-28(14-19-12-20(37)15-21(38)13-19)30-24(8-7-22(45-30)9-10-34(2,3)51)23-5-4-6-25-27(23)16-44-33(25)50/h4-8,12-13,15,18,28,51H,11,14,16-17H2,1-3H3,(H,44,50)(H,46,49)/t18-,28+/m1/s1. The molecule has 266 valence electrons. The molecule has 2 aromatic heterocycles. The molecule has 51 heavy (non-hydrogen) atoms. The summed E-state index contributed by atoms with van der Waals surface area (Å²) in [5, 5.41) is 18.9. The van der Waals surface area contributed by atoms with Crippen molar-refractivity contribution >= 4 is 11.8 Å². The van der Waals surface area contributed by atoms with Crippen LogP contribution < -0.4 is 10.6 Å². The second-order valence-corrected chi connectivity index (χ2v) is 13.1. The second-order valence-electron chi connectivity index (χ2n) is 13.1. The Kier molecular flexibility index (Phi) is 8.95. The van der Waals surface area contributed by atoms with Gasteiger partial charge in [0.05, 0.1) is 11.7 Å². The molecule has 2 aliphatic rings. The van der Waals surface area contributed by atoms with Gasteiger partial charge in [0.1, 0.15) is 35.2 Å². The Morgan fingerprint density at radius 1 is 1.08 bits per heavy atom. The Hall–Kier alpha value is -5.23. The summed E-state index contributed by atoms with van der Waals surface area (Å²) in [7, 11) is 0. The fraction of sp³-hybridized carbons (Fsp3) is 0.333. The van der Waals surface area contributed by atoms with Crippen LogP contribution in [0.25, 0.3) is 11.1 Å². The van der Waals surface area contributed by atoms with E-state index in [0.29, 0.717) is 33.0 Å². The zero-order valence-corrected chi connectivity index (χ0v) is 27.4. The van der Waals surface area contributed by atoms with E-state index in [1.807, 2.05) is 0 Å². The Labute approximate surface area is 287 Å². The van der Waals surface area contributed by atoms with E-state index in [2.05, 4.69) is 32.6 Å². The molecule has 2 atom stereocenters. The van der Waals surface area contributed by atoms with Crippen LogP contribution in [-0.2, 0) is 42.8 Å². The molecule has 0 unspecified atom stereocenters. The lowest BCUT2D eigenvalue weighted by atomic mass is 9.91. The highest BCUT2D eigenvalue weighted by molar-refractivity contribution is 6.00. The average Bonchev–Trinajstić information content (AvgIpc) is 3.66. The van der Waals surface area contributed by atoms with E-state index in [1.54, 1.807) is 24.3 Å². The van der Waals surface area contributed by atoms with E-state index < -0.39 is 77.1 Å². The minimum absolute atomic E-state index is 0.0494. The SMILES string of the molecule is C[C@@H]1Cc2c(C(F)(F)F)nn(CC(=O)N[C@@H](Cc3cc(F)cc(F)c3)c3nc(C#CC(C)(C)O)ccc3-c3cccc4c3CNC4=O)c2C1(F)F. The normalized spacial score (nSPS) is 16.9. The highest BCUT2D eigenvalue weighted by Gasteiger charge is 2.54. The van der Waals surface area contributed by atoms with Crippen LogP contribution in [0.1, 0.15) is 76.6 Å². The molecular weight excluding hydrogens is 683 g/mol. The molecule has 3 heterocycles. The van der Waals surface area contributed by atoms with E-state index in [0.717, 1.165) is 19.1 Å². The number of fused-ring (bicyclic) bond motifs is 2. The number of amides is 2. The molecule has 1 aliphatic heterocycles. The van der Waals surface area contributed by atoms with Crippen molar-refractivity contribution in [2.45, 2.75) is 70.4 Å². The predicted octanol–water partition coefficient (Wildman–Crippen LogP) is 5.99. The van der Waals surface area contributed by atoms with Crippen molar-refractivity contribution in [1.82, 2.24) is 25.4 Å². The van der Waals surface area contributed by atoms with Gasteiger partial charge in [0.15, 0.2) is 5.69 Å². The third kappa shape index (κ3) is 7.18. The van der Waals surface area contributed by atoms with Crippen LogP contribution in [0.2, 0.25) is 0 Å². The molecule has 3 N–H and O–H groups in total. The van der Waals surface area contributed by atoms with Gasteiger partial charge in [-0.2, -0.15) is 27.1 Å². The van der Waals surface area contributed by atoms with E-state index in [1.165, 1.54) is 19.9 Å². The Balaban J connectivity index is 1.48. The first-order chi connectivity index (χ1) is 23.8. The van der Waals surface area contributed by atoms with Gasteiger partial charge < -0.3 is 15.7 Å². The van der Waals surface area contributed by atoms with E-state index >= 15 is 8.78 Å². The number of hydrogen-bond acceptors (Lipinski definition) is 5. The van der Waals surface area contributed by atoms with Crippen LogP contribution >= 0.6 is 0 Å². The highest BCUT2D eigenvalue weighted by atomic mass is 19.4. The minimum atomic E-state index is -5.06. The van der Waals surface area contributed by atoms with Crippen molar-refractivity contribution in [3.8, 4) is 23.0 Å². The van der Waals surface area contributed by atoms with Gasteiger partial charge in [0.25, 0.3) is 11.8 Å². The van der Waals surface area contributed by atoms with Gasteiger partial charge in [-0.1, -0.05) is 25.0 Å². The van der Waals surface area contributed by atoms with Gasteiger partial charge in [0.2, 0.25) is 5.91 Å². The summed E-state index contributed by atoms with van der Waals surface area (Å²) in [6.45, 7) is 3.07. The molecule has 6 rings (SSSR count). The van der Waals surface area contributed by atoms with Crippen molar-refractivity contribution in [3.63, 3.8) is 0 Å². The molecule has 0 spiro atoms. The van der Waals surface area contributed by atoms with Crippen LogP contribution in [-0.4, -0.2) is 37.3 Å². The number of carbonyl (C=O) groups is 2. The number of rotatable bonds is 7. The maximum absolute atomic E-state index is 15.2. The summed E-state index contributed by atoms with van der Waals surface area (Å²) in [4.78, 5) is 30.9. The number of pyridine rings is 1. The highest BCUT2D eigenvalue weighted by Crippen LogP contribution is 2.49. The van der Waals surface area contributed by atoms with Crippen molar-refractivity contribution in [2.75, 3.05) is 0 Å². The predicted molar refractivity (Wildman–Crippen MR) is 169 cm³/mol. The number of nitrogens with zero attached hydrogens (tertiary/aromatic N) is 3. The first kappa shape index (κ1) is 35.6. The van der Waals surface area contributed by atoms with Gasteiger partial charge in [0, 0.05) is 35.2 Å². The van der Waals surface area contributed by atoms with Crippen molar-refractivity contribution in [2.24, 2.45) is 5.92 Å². The Morgan fingerprint density at radius 3 is 2.43 bits per heavy atom. The third-order valence-corrected chi connectivity index (χ3v) is 8.64. The lowest BCUT2D eigenvalue weighted by Crippen LogP contribution is -2.35. The number of carbonyl (C=O) groups excluding carboxylic acids is 2. The summed E-state index contributed by atoms with van der Waals surface area (Å²) < 4.78 is 101. The molecule has 0 saturated heterocycles. The zero-order valence-electron chi connectivity index (χ0n) is 27.4. The van der Waals surface area contributed by atoms with Gasteiger partial charge >= 0.3 is 6.18 Å². The van der Waals surface area contributed by atoms with Crippen LogP contribution in [0.4, 0.5) is 30.7 Å². The monoisotopic (exact) mass is 713 g/mol. The van der Waals surface area contributed by atoms with Crippen molar-refractivity contribution in [1.29, 1.82) is 0 Å². The molecule has 8 nitrogen and oxygen atoms in total. The average molecular weight is 714 g/mol. The van der Waals surface area contributed by atoms with Crippen LogP contribution in [0, 0.1) is 29.4 Å². The molecule has 0 radical (unpaired) electrons. The number of aliphatic hydroxyl groups is 1. The number of halogens is 7. The van der Waals surface area contributed by atoms with E-state index in [-0.39, 0.29) is 35.8 Å². The molecular formula is C36H30F7N5O3. The molecule has 15 heteroatoms. The molecule has 0 saturated carbocycles. The van der Waals surface area contributed by atoms with E-state index in [4.69, 9.17) is 0 Å². The van der Waals surface area contributed by atoms with Gasteiger partial charge in [-0.3, -0.25) is 14.3 Å². The number of benzene rings is 2. The third-order valence-electron chi connectivity index (χ3n) is 8.64. The number of aromatic nitrogens is 3. The molecule has 0 fully saturated rings. The quantitative estimate of drug-likeness (QED) is 0.161. The number of alkyl halides is 5. The number of nitrogens with one attached hydrogen (secondary N) is 2.